The van der Waals surface area contributed by atoms with Gasteiger partial charge in [0.15, 0.2) is 4.96 Å². The van der Waals surface area contributed by atoms with Gasteiger partial charge in [-0.05, 0) is 32.3 Å². The lowest BCUT2D eigenvalue weighted by molar-refractivity contribution is -0.120. The first kappa shape index (κ1) is 19.3. The standard InChI is InChI=1S/C19H25N5O2S/c1-11(2)6-7-20-16(25)9-14-10-27-19-21-13(4)17(18(26)24(14)19)15-8-12(3)23(5)22-15/h8,10-11H,6-7,9H2,1-5H3,(H,20,25). The zero-order valence-corrected chi connectivity index (χ0v) is 17.2. The van der Waals surface area contributed by atoms with Crippen LogP contribution in [0.5, 0.6) is 0 Å². The Morgan fingerprint density at radius 3 is 2.70 bits per heavy atom. The first-order valence-electron chi connectivity index (χ1n) is 9.05. The predicted octanol–water partition coefficient (Wildman–Crippen LogP) is 2.48. The minimum absolute atomic E-state index is 0.0851. The van der Waals surface area contributed by atoms with Gasteiger partial charge in [0.05, 0.1) is 23.4 Å². The van der Waals surface area contributed by atoms with Crippen LogP contribution in [0.4, 0.5) is 0 Å². The molecule has 0 saturated carbocycles. The molecule has 144 valence electrons. The number of fused-ring (bicyclic) bond motifs is 1. The normalized spacial score (nSPS) is 11.5. The van der Waals surface area contributed by atoms with E-state index in [0.717, 1.165) is 12.1 Å². The minimum Gasteiger partial charge on any atom is -0.356 e. The fraction of sp³-hybridized carbons (Fsp3) is 0.474. The van der Waals surface area contributed by atoms with Crippen LogP contribution in [-0.2, 0) is 18.3 Å². The van der Waals surface area contributed by atoms with Crippen molar-refractivity contribution in [1.82, 2.24) is 24.5 Å². The molecule has 0 aliphatic rings. The van der Waals surface area contributed by atoms with E-state index in [0.29, 0.717) is 40.1 Å². The van der Waals surface area contributed by atoms with Gasteiger partial charge >= 0.3 is 0 Å². The van der Waals surface area contributed by atoms with E-state index >= 15 is 0 Å². The van der Waals surface area contributed by atoms with Crippen LogP contribution in [0, 0.1) is 19.8 Å². The number of aromatic nitrogens is 4. The number of rotatable bonds is 6. The van der Waals surface area contributed by atoms with Crippen LogP contribution in [0.25, 0.3) is 16.2 Å². The van der Waals surface area contributed by atoms with E-state index in [1.165, 1.54) is 11.3 Å². The zero-order chi connectivity index (χ0) is 19.7. The zero-order valence-electron chi connectivity index (χ0n) is 16.4. The summed E-state index contributed by atoms with van der Waals surface area (Å²) in [7, 11) is 1.84. The Labute approximate surface area is 162 Å². The number of aryl methyl sites for hydroxylation is 3. The number of hydrogen-bond acceptors (Lipinski definition) is 5. The summed E-state index contributed by atoms with van der Waals surface area (Å²) in [6, 6.07) is 1.88. The van der Waals surface area contributed by atoms with Gasteiger partial charge in [-0.15, -0.1) is 11.3 Å². The summed E-state index contributed by atoms with van der Waals surface area (Å²) < 4.78 is 3.28. The summed E-state index contributed by atoms with van der Waals surface area (Å²) in [5.41, 5.74) is 3.18. The summed E-state index contributed by atoms with van der Waals surface area (Å²) in [5.74, 6) is 0.449. The molecule has 1 N–H and O–H groups in total. The van der Waals surface area contributed by atoms with Crippen molar-refractivity contribution in [3.63, 3.8) is 0 Å². The molecule has 8 heteroatoms. The summed E-state index contributed by atoms with van der Waals surface area (Å²) >= 11 is 1.37. The van der Waals surface area contributed by atoms with Crippen LogP contribution < -0.4 is 10.9 Å². The van der Waals surface area contributed by atoms with Crippen molar-refractivity contribution in [2.75, 3.05) is 6.54 Å². The van der Waals surface area contributed by atoms with Gasteiger partial charge in [0, 0.05) is 30.4 Å². The average Bonchev–Trinajstić information content (AvgIpc) is 3.11. The Bertz CT molecular complexity index is 1020. The van der Waals surface area contributed by atoms with Gasteiger partial charge in [-0.25, -0.2) is 4.98 Å². The smallest absolute Gasteiger partial charge is 0.268 e. The lowest BCUT2D eigenvalue weighted by Crippen LogP contribution is -2.28. The highest BCUT2D eigenvalue weighted by Crippen LogP contribution is 2.21. The molecular formula is C19H25N5O2S. The summed E-state index contributed by atoms with van der Waals surface area (Å²) in [4.78, 5) is 30.6. The molecule has 0 spiro atoms. The summed E-state index contributed by atoms with van der Waals surface area (Å²) in [6.07, 6.45) is 1.09. The SMILES string of the molecule is Cc1nc2scc(CC(=O)NCCC(C)C)n2c(=O)c1-c1cc(C)n(C)n1. The van der Waals surface area contributed by atoms with Crippen LogP contribution >= 0.6 is 11.3 Å². The topological polar surface area (TPSA) is 81.3 Å². The highest BCUT2D eigenvalue weighted by molar-refractivity contribution is 7.15. The van der Waals surface area contributed by atoms with E-state index in [-0.39, 0.29) is 17.9 Å². The maximum absolute atomic E-state index is 13.2. The first-order valence-corrected chi connectivity index (χ1v) is 9.93. The van der Waals surface area contributed by atoms with Crippen molar-refractivity contribution < 1.29 is 4.79 Å². The van der Waals surface area contributed by atoms with E-state index < -0.39 is 0 Å². The number of hydrogen-bond donors (Lipinski definition) is 1. The van der Waals surface area contributed by atoms with Crippen LogP contribution in [0.15, 0.2) is 16.2 Å². The molecule has 0 saturated heterocycles. The highest BCUT2D eigenvalue weighted by atomic mass is 32.1. The molecular weight excluding hydrogens is 362 g/mol. The molecule has 0 radical (unpaired) electrons. The number of thiazole rings is 1. The van der Waals surface area contributed by atoms with E-state index in [9.17, 15) is 9.59 Å². The molecule has 1 amide bonds. The molecule has 3 rings (SSSR count). The van der Waals surface area contributed by atoms with Gasteiger partial charge < -0.3 is 5.32 Å². The van der Waals surface area contributed by atoms with Crippen LogP contribution in [0.3, 0.4) is 0 Å². The average molecular weight is 388 g/mol. The molecule has 0 aromatic carbocycles. The number of amides is 1. The van der Waals surface area contributed by atoms with E-state index in [1.807, 2.05) is 32.3 Å². The van der Waals surface area contributed by atoms with Crippen molar-refractivity contribution in [1.29, 1.82) is 0 Å². The van der Waals surface area contributed by atoms with E-state index in [4.69, 9.17) is 0 Å². The van der Waals surface area contributed by atoms with Crippen LogP contribution in [0.1, 0.15) is 37.4 Å². The number of nitrogens with zero attached hydrogens (tertiary/aromatic N) is 4. The third-order valence-electron chi connectivity index (χ3n) is 4.58. The van der Waals surface area contributed by atoms with Gasteiger partial charge in [-0.3, -0.25) is 18.7 Å². The highest BCUT2D eigenvalue weighted by Gasteiger charge is 2.19. The maximum Gasteiger partial charge on any atom is 0.268 e. The Kier molecular flexibility index (Phi) is 5.46. The summed E-state index contributed by atoms with van der Waals surface area (Å²) in [6.45, 7) is 8.63. The van der Waals surface area contributed by atoms with Crippen molar-refractivity contribution >= 4 is 22.2 Å². The molecule has 0 aliphatic carbocycles. The van der Waals surface area contributed by atoms with Gasteiger partial charge in [0.25, 0.3) is 5.56 Å². The molecule has 7 nitrogen and oxygen atoms in total. The Balaban J connectivity index is 1.96. The van der Waals surface area contributed by atoms with Crippen molar-refractivity contribution in [2.45, 2.75) is 40.5 Å². The monoisotopic (exact) mass is 387 g/mol. The van der Waals surface area contributed by atoms with Crippen LogP contribution in [0.2, 0.25) is 0 Å². The molecule has 0 aliphatic heterocycles. The summed E-state index contributed by atoms with van der Waals surface area (Å²) in [5, 5.41) is 9.18. The second-order valence-corrected chi connectivity index (χ2v) is 8.06. The van der Waals surface area contributed by atoms with Gasteiger partial charge in [-0.2, -0.15) is 5.10 Å². The maximum atomic E-state index is 13.2. The first-order chi connectivity index (χ1) is 12.8. The van der Waals surface area contributed by atoms with Gasteiger partial charge in [0.2, 0.25) is 5.91 Å². The van der Waals surface area contributed by atoms with Gasteiger partial charge in [0.1, 0.15) is 0 Å². The van der Waals surface area contributed by atoms with Crippen molar-refractivity contribution in [2.24, 2.45) is 13.0 Å². The predicted molar refractivity (Wildman–Crippen MR) is 107 cm³/mol. The Morgan fingerprint density at radius 2 is 2.07 bits per heavy atom. The minimum atomic E-state index is -0.179. The third kappa shape index (κ3) is 3.95. The molecule has 3 aromatic rings. The fourth-order valence-corrected chi connectivity index (χ4v) is 3.86. The second kappa shape index (κ2) is 7.64. The molecule has 3 heterocycles. The molecule has 0 unspecified atom stereocenters. The quantitative estimate of drug-likeness (QED) is 0.704. The van der Waals surface area contributed by atoms with E-state index in [1.54, 1.807) is 9.08 Å². The van der Waals surface area contributed by atoms with Crippen molar-refractivity contribution in [3.05, 3.63) is 38.9 Å². The molecule has 0 bridgehead atoms. The second-order valence-electron chi connectivity index (χ2n) is 7.23. The third-order valence-corrected chi connectivity index (χ3v) is 5.45. The van der Waals surface area contributed by atoms with Crippen molar-refractivity contribution in [3.8, 4) is 11.3 Å². The Morgan fingerprint density at radius 1 is 1.33 bits per heavy atom. The fourth-order valence-electron chi connectivity index (χ4n) is 2.93. The number of nitrogens with one attached hydrogen (secondary N) is 1. The number of carbonyl (C=O) groups excluding carboxylic acids is 1. The van der Waals surface area contributed by atoms with Crippen LogP contribution in [-0.4, -0.2) is 31.6 Å². The lowest BCUT2D eigenvalue weighted by Gasteiger charge is -2.08. The Hall–Kier alpha value is -2.48. The number of carbonyl (C=O) groups is 1. The molecule has 0 fully saturated rings. The largest absolute Gasteiger partial charge is 0.356 e. The van der Waals surface area contributed by atoms with Gasteiger partial charge in [-0.1, -0.05) is 13.8 Å². The molecule has 3 aromatic heterocycles. The van der Waals surface area contributed by atoms with E-state index in [2.05, 4.69) is 29.2 Å². The molecule has 0 atom stereocenters. The lowest BCUT2D eigenvalue weighted by atomic mass is 10.1. The molecule has 27 heavy (non-hydrogen) atoms.